The Labute approximate surface area is 186 Å². The fraction of sp³-hybridized carbons (Fsp3) is 0.368. The summed E-state index contributed by atoms with van der Waals surface area (Å²) in [4.78, 5) is 10.7. The van der Waals surface area contributed by atoms with Crippen LogP contribution in [0, 0.1) is 5.82 Å². The Morgan fingerprint density at radius 2 is 2.14 bits per heavy atom. The zero-order chi connectivity index (χ0) is 19.2. The quantitative estimate of drug-likeness (QED) is 0.322. The van der Waals surface area contributed by atoms with Crippen LogP contribution < -0.4 is 15.5 Å². The molecule has 0 amide bonds. The van der Waals surface area contributed by atoms with E-state index in [1.807, 2.05) is 12.1 Å². The Hall–Kier alpha value is -1.65. The highest BCUT2D eigenvalue weighted by atomic mass is 127. The number of aliphatic hydroxyl groups excluding tert-OH is 1. The molecule has 3 rings (SSSR count). The highest BCUT2D eigenvalue weighted by Gasteiger charge is 2.25. The minimum atomic E-state index is -0.753. The molecule has 3 N–H and O–H groups in total. The van der Waals surface area contributed by atoms with Crippen molar-refractivity contribution in [1.82, 2.24) is 15.6 Å². The molecular formula is C19H24ClFIN5O. The van der Waals surface area contributed by atoms with Crippen LogP contribution in [0.25, 0.3) is 0 Å². The van der Waals surface area contributed by atoms with Crippen molar-refractivity contribution < 1.29 is 9.50 Å². The summed E-state index contributed by atoms with van der Waals surface area (Å²) in [5.74, 6) is 1.07. The Morgan fingerprint density at radius 3 is 2.82 bits per heavy atom. The number of aliphatic imine (C=N–C) groups is 1. The van der Waals surface area contributed by atoms with Crippen molar-refractivity contribution in [2.24, 2.45) is 4.99 Å². The predicted octanol–water partition coefficient (Wildman–Crippen LogP) is 2.97. The minimum absolute atomic E-state index is 0. The second-order valence-corrected chi connectivity index (χ2v) is 6.81. The van der Waals surface area contributed by atoms with Gasteiger partial charge in [0.05, 0.1) is 11.1 Å². The number of aromatic nitrogens is 1. The third kappa shape index (κ3) is 5.92. The highest BCUT2D eigenvalue weighted by molar-refractivity contribution is 14.0. The van der Waals surface area contributed by atoms with Crippen molar-refractivity contribution in [2.75, 3.05) is 31.6 Å². The number of nitrogens with one attached hydrogen (secondary N) is 2. The van der Waals surface area contributed by atoms with Crippen molar-refractivity contribution in [3.05, 3.63) is 59.0 Å². The maximum Gasteiger partial charge on any atom is 0.191 e. The molecule has 1 aliphatic rings. The van der Waals surface area contributed by atoms with Gasteiger partial charge < -0.3 is 20.6 Å². The number of guanidine groups is 1. The lowest BCUT2D eigenvalue weighted by molar-refractivity contribution is 0.180. The molecule has 2 atom stereocenters. The molecule has 1 aliphatic heterocycles. The zero-order valence-electron chi connectivity index (χ0n) is 15.5. The molecule has 0 aliphatic carbocycles. The molecule has 2 unspecified atom stereocenters. The molecule has 152 valence electrons. The van der Waals surface area contributed by atoms with E-state index in [9.17, 15) is 9.50 Å². The van der Waals surface area contributed by atoms with Crippen LogP contribution in [0.3, 0.4) is 0 Å². The summed E-state index contributed by atoms with van der Waals surface area (Å²) in [7, 11) is 1.68. The van der Waals surface area contributed by atoms with Gasteiger partial charge >= 0.3 is 0 Å². The van der Waals surface area contributed by atoms with Crippen molar-refractivity contribution >= 4 is 47.4 Å². The van der Waals surface area contributed by atoms with Gasteiger partial charge in [0.15, 0.2) is 5.96 Å². The van der Waals surface area contributed by atoms with Gasteiger partial charge in [-0.1, -0.05) is 23.7 Å². The van der Waals surface area contributed by atoms with Crippen molar-refractivity contribution in [1.29, 1.82) is 0 Å². The van der Waals surface area contributed by atoms with Gasteiger partial charge in [0, 0.05) is 38.9 Å². The van der Waals surface area contributed by atoms with Gasteiger partial charge in [-0.05, 0) is 36.2 Å². The molecule has 9 heteroatoms. The van der Waals surface area contributed by atoms with Gasteiger partial charge in [-0.25, -0.2) is 9.37 Å². The van der Waals surface area contributed by atoms with Crippen LogP contribution in [-0.4, -0.2) is 48.8 Å². The number of hydrogen-bond donors (Lipinski definition) is 3. The van der Waals surface area contributed by atoms with Gasteiger partial charge in [-0.3, -0.25) is 4.99 Å². The van der Waals surface area contributed by atoms with E-state index in [0.717, 1.165) is 25.3 Å². The van der Waals surface area contributed by atoms with Crippen molar-refractivity contribution in [3.63, 3.8) is 0 Å². The maximum atomic E-state index is 13.0. The molecule has 6 nitrogen and oxygen atoms in total. The lowest BCUT2D eigenvalue weighted by Gasteiger charge is -2.21. The lowest BCUT2D eigenvalue weighted by atomic mass is 10.1. The van der Waals surface area contributed by atoms with E-state index >= 15 is 0 Å². The molecule has 1 aromatic heterocycles. The number of hydrogen-bond acceptors (Lipinski definition) is 4. The number of rotatable bonds is 5. The van der Waals surface area contributed by atoms with E-state index in [1.54, 1.807) is 25.4 Å². The molecule has 0 spiro atoms. The maximum absolute atomic E-state index is 13.0. The summed E-state index contributed by atoms with van der Waals surface area (Å²) in [5, 5.41) is 17.3. The molecule has 28 heavy (non-hydrogen) atoms. The third-order valence-corrected chi connectivity index (χ3v) is 4.80. The smallest absolute Gasteiger partial charge is 0.191 e. The number of pyridine rings is 1. The first kappa shape index (κ1) is 22.6. The number of benzene rings is 1. The molecule has 0 bridgehead atoms. The van der Waals surface area contributed by atoms with Gasteiger partial charge in [-0.15, -0.1) is 24.0 Å². The first-order valence-electron chi connectivity index (χ1n) is 8.83. The van der Waals surface area contributed by atoms with Crippen LogP contribution in [0.2, 0.25) is 5.02 Å². The lowest BCUT2D eigenvalue weighted by Crippen LogP contribution is -2.45. The highest BCUT2D eigenvalue weighted by Crippen LogP contribution is 2.25. The monoisotopic (exact) mass is 519 g/mol. The average Bonchev–Trinajstić information content (AvgIpc) is 3.14. The molecular weight excluding hydrogens is 496 g/mol. The Bertz CT molecular complexity index is 792. The van der Waals surface area contributed by atoms with Crippen LogP contribution >= 0.6 is 35.6 Å². The van der Waals surface area contributed by atoms with Crippen LogP contribution in [0.1, 0.15) is 18.1 Å². The SMILES string of the molecule is CN=C(NCC(O)c1ccc(F)cc1)NC1CCN(c2ncccc2Cl)C1.I. The number of anilines is 1. The largest absolute Gasteiger partial charge is 0.387 e. The molecule has 0 radical (unpaired) electrons. The fourth-order valence-corrected chi connectivity index (χ4v) is 3.31. The van der Waals surface area contributed by atoms with Crippen LogP contribution in [0.4, 0.5) is 10.2 Å². The van der Waals surface area contributed by atoms with Crippen molar-refractivity contribution in [2.45, 2.75) is 18.6 Å². The number of halogens is 3. The van der Waals surface area contributed by atoms with Gasteiger partial charge in [0.1, 0.15) is 11.6 Å². The Morgan fingerprint density at radius 1 is 1.39 bits per heavy atom. The second kappa shape index (κ2) is 10.8. The minimum Gasteiger partial charge on any atom is -0.387 e. The molecule has 1 aromatic carbocycles. The molecule has 2 heterocycles. The molecule has 0 saturated carbocycles. The first-order chi connectivity index (χ1) is 13.1. The van der Waals surface area contributed by atoms with E-state index in [1.165, 1.54) is 12.1 Å². The standard InChI is InChI=1S/C19H23ClFN5O.HI/c1-22-19(24-11-17(27)13-4-6-14(21)7-5-13)25-15-8-10-26(12-15)18-16(20)3-2-9-23-18;/h2-7,9,15,17,27H,8,10-12H2,1H3,(H2,22,24,25);1H. The van der Waals surface area contributed by atoms with E-state index in [-0.39, 0.29) is 42.4 Å². The van der Waals surface area contributed by atoms with Crippen molar-refractivity contribution in [3.8, 4) is 0 Å². The van der Waals surface area contributed by atoms with E-state index in [0.29, 0.717) is 16.5 Å². The summed E-state index contributed by atoms with van der Waals surface area (Å²) in [6, 6.07) is 9.66. The topological polar surface area (TPSA) is 72.8 Å². The zero-order valence-corrected chi connectivity index (χ0v) is 18.6. The number of nitrogens with zero attached hydrogens (tertiary/aromatic N) is 3. The molecule has 1 fully saturated rings. The summed E-state index contributed by atoms with van der Waals surface area (Å²) >= 11 is 6.23. The second-order valence-electron chi connectivity index (χ2n) is 6.41. The molecule has 1 saturated heterocycles. The Balaban J connectivity index is 0.00000280. The van der Waals surface area contributed by atoms with E-state index < -0.39 is 6.10 Å². The predicted molar refractivity (Wildman–Crippen MR) is 121 cm³/mol. The van der Waals surface area contributed by atoms with E-state index in [4.69, 9.17) is 11.6 Å². The van der Waals surface area contributed by atoms with Gasteiger partial charge in [-0.2, -0.15) is 0 Å². The van der Waals surface area contributed by atoms with Crippen LogP contribution in [-0.2, 0) is 0 Å². The van der Waals surface area contributed by atoms with E-state index in [2.05, 4.69) is 25.5 Å². The fourth-order valence-electron chi connectivity index (χ4n) is 3.06. The normalized spacial score (nSPS) is 17.8. The van der Waals surface area contributed by atoms with Crippen LogP contribution in [0.5, 0.6) is 0 Å². The summed E-state index contributed by atoms with van der Waals surface area (Å²) in [5.41, 5.74) is 0.649. The van der Waals surface area contributed by atoms with Gasteiger partial charge in [0.25, 0.3) is 0 Å². The summed E-state index contributed by atoms with van der Waals surface area (Å²) < 4.78 is 13.0. The third-order valence-electron chi connectivity index (χ3n) is 4.51. The first-order valence-corrected chi connectivity index (χ1v) is 9.21. The van der Waals surface area contributed by atoms with Gasteiger partial charge in [0.2, 0.25) is 0 Å². The van der Waals surface area contributed by atoms with Crippen LogP contribution in [0.15, 0.2) is 47.6 Å². The average molecular weight is 520 g/mol. The summed E-state index contributed by atoms with van der Waals surface area (Å²) in [6.07, 6.45) is 1.91. The summed E-state index contributed by atoms with van der Waals surface area (Å²) in [6.45, 7) is 1.88. The Kier molecular flexibility index (Phi) is 8.71. The number of aliphatic hydroxyl groups is 1. The molecule has 2 aromatic rings.